The maximum absolute atomic E-state index is 3.32. The van der Waals surface area contributed by atoms with E-state index in [1.165, 1.54) is 0 Å². The molecule has 0 radical (unpaired) electrons. The van der Waals surface area contributed by atoms with Crippen LogP contribution in [-0.2, 0) is 0 Å². The van der Waals surface area contributed by atoms with Gasteiger partial charge in [0.2, 0.25) is 0 Å². The summed E-state index contributed by atoms with van der Waals surface area (Å²) in [6.07, 6.45) is 1.12. The molecule has 0 N–H and O–H groups in total. The summed E-state index contributed by atoms with van der Waals surface area (Å²) >= 11 is 9.93. The Kier molecular flexibility index (Phi) is 5.70. The minimum Gasteiger partial charge on any atom is -0.0927 e. The summed E-state index contributed by atoms with van der Waals surface area (Å²) in [5.41, 5.74) is 0. The molecule has 0 unspecified atom stereocenters. The van der Waals surface area contributed by atoms with Gasteiger partial charge < -0.3 is 0 Å². The van der Waals surface area contributed by atoms with Crippen LogP contribution in [0.3, 0.4) is 0 Å². The average molecular weight is 281 g/mol. The molecule has 0 bridgehead atoms. The van der Waals surface area contributed by atoms with Crippen LogP contribution in [0.25, 0.3) is 0 Å². The van der Waals surface area contributed by atoms with Crippen LogP contribution >= 0.6 is 47.8 Å². The van der Waals surface area contributed by atoms with Gasteiger partial charge in [0.05, 0.1) is 3.74 Å². The Morgan fingerprint density at radius 2 is 1.83 bits per heavy atom. The highest BCUT2D eigenvalue weighted by atomic mass is 79.9. The average Bonchev–Trinajstić information content (AvgIpc) is 1.35. The Morgan fingerprint density at radius 3 is 1.83 bits per heavy atom. The molecule has 0 atom stereocenters. The van der Waals surface area contributed by atoms with E-state index in [-0.39, 0.29) is 0 Å². The summed E-state index contributed by atoms with van der Waals surface area (Å²) in [4.78, 5) is 0. The molecule has 38 valence electrons. The topological polar surface area (TPSA) is 0 Å². The van der Waals surface area contributed by atoms with E-state index in [2.05, 4.69) is 47.8 Å². The molecule has 0 nitrogen and oxygen atoms in total. The predicted molar refractivity (Wildman–Crippen MR) is 40.1 cm³/mol. The van der Waals surface area contributed by atoms with E-state index in [1.807, 2.05) is 0 Å². The zero-order valence-corrected chi connectivity index (χ0v) is 7.88. The molecule has 0 aromatic rings. The molecule has 0 fully saturated rings. The van der Waals surface area contributed by atoms with E-state index < -0.39 is 0 Å². The highest BCUT2D eigenvalue weighted by molar-refractivity contribution is 9.24. The van der Waals surface area contributed by atoms with Gasteiger partial charge in [-0.2, -0.15) is 0 Å². The molecule has 3 heteroatoms. The molecule has 0 aromatic heterocycles. The van der Waals surface area contributed by atoms with Crippen LogP contribution in [0.5, 0.6) is 0 Å². The second-order valence-corrected chi connectivity index (χ2v) is 5.10. The second kappa shape index (κ2) is 4.60. The maximum atomic E-state index is 3.32. The van der Waals surface area contributed by atoms with Gasteiger partial charge in [0.15, 0.2) is 0 Å². The van der Waals surface area contributed by atoms with Crippen LogP contribution in [0.1, 0.15) is 6.42 Å². The molecule has 0 saturated carbocycles. The van der Waals surface area contributed by atoms with Gasteiger partial charge in [-0.1, -0.05) is 47.8 Å². The lowest BCUT2D eigenvalue weighted by atomic mass is 10.6. The monoisotopic (exact) mass is 278 g/mol. The van der Waals surface area contributed by atoms with Crippen molar-refractivity contribution in [3.8, 4) is 0 Å². The molecule has 0 aliphatic carbocycles. The van der Waals surface area contributed by atoms with Crippen LogP contribution in [-0.4, -0.2) is 9.07 Å². The van der Waals surface area contributed by atoms with Gasteiger partial charge in [-0.25, -0.2) is 0 Å². The van der Waals surface area contributed by atoms with E-state index in [4.69, 9.17) is 0 Å². The van der Waals surface area contributed by atoms with Crippen LogP contribution in [0, 0.1) is 0 Å². The quantitative estimate of drug-likeness (QED) is 0.683. The highest BCUT2D eigenvalue weighted by Crippen LogP contribution is 2.12. The van der Waals surface area contributed by atoms with Crippen LogP contribution in [0.4, 0.5) is 0 Å². The Hall–Kier alpha value is 1.44. The van der Waals surface area contributed by atoms with Crippen molar-refractivity contribution < 1.29 is 0 Å². The maximum Gasteiger partial charge on any atom is 0.0705 e. The first kappa shape index (κ1) is 7.44. The van der Waals surface area contributed by atoms with Gasteiger partial charge in [0, 0.05) is 5.33 Å². The summed E-state index contributed by atoms with van der Waals surface area (Å²) in [6.45, 7) is 0. The van der Waals surface area contributed by atoms with Gasteiger partial charge >= 0.3 is 0 Å². The van der Waals surface area contributed by atoms with Gasteiger partial charge in [-0.3, -0.25) is 0 Å². The summed E-state index contributed by atoms with van der Waals surface area (Å²) in [6, 6.07) is 0. The van der Waals surface area contributed by atoms with Crippen LogP contribution in [0.2, 0.25) is 0 Å². The lowest BCUT2D eigenvalue weighted by Crippen LogP contribution is -1.82. The number of halogens is 3. The van der Waals surface area contributed by atoms with Crippen molar-refractivity contribution in [2.75, 3.05) is 5.33 Å². The summed E-state index contributed by atoms with van der Waals surface area (Å²) in [5.74, 6) is 0. The number of rotatable bonds is 2. The Bertz CT molecular complexity index is 27.2. The third kappa shape index (κ3) is 5.44. The molecule has 0 saturated heterocycles. The van der Waals surface area contributed by atoms with E-state index in [1.54, 1.807) is 0 Å². The van der Waals surface area contributed by atoms with Crippen molar-refractivity contribution in [2.24, 2.45) is 0 Å². The minimum atomic E-state index is 0.476. The zero-order chi connectivity index (χ0) is 4.99. The van der Waals surface area contributed by atoms with Gasteiger partial charge in [0.1, 0.15) is 0 Å². The third-order valence-corrected chi connectivity index (χ3v) is 1.70. The minimum absolute atomic E-state index is 0.476. The Labute approximate surface area is 63.1 Å². The lowest BCUT2D eigenvalue weighted by molar-refractivity contribution is 1.11. The SMILES string of the molecule is BrCCC(Br)Br. The molecular weight excluding hydrogens is 276 g/mol. The van der Waals surface area contributed by atoms with Crippen molar-refractivity contribution in [3.63, 3.8) is 0 Å². The normalized spacial score (nSPS) is 10.0. The molecule has 6 heavy (non-hydrogen) atoms. The summed E-state index contributed by atoms with van der Waals surface area (Å²) in [5, 5.41) is 1.05. The fourth-order valence-corrected chi connectivity index (χ4v) is 2.23. The van der Waals surface area contributed by atoms with Crippen LogP contribution < -0.4 is 0 Å². The number of hydrogen-bond acceptors (Lipinski definition) is 0. The first-order valence-corrected chi connectivity index (χ1v) is 4.56. The molecular formula is C3H5Br3. The van der Waals surface area contributed by atoms with E-state index in [0.717, 1.165) is 11.8 Å². The Balaban J connectivity index is 2.63. The molecule has 0 aromatic carbocycles. The van der Waals surface area contributed by atoms with Crippen molar-refractivity contribution in [1.29, 1.82) is 0 Å². The van der Waals surface area contributed by atoms with Crippen molar-refractivity contribution in [1.82, 2.24) is 0 Å². The third-order valence-electron chi connectivity index (χ3n) is 0.327. The summed E-state index contributed by atoms with van der Waals surface area (Å²) < 4.78 is 0.476. The molecule has 0 spiro atoms. The lowest BCUT2D eigenvalue weighted by Gasteiger charge is -1.90. The standard InChI is InChI=1S/C3H5Br3/c4-2-1-3(5)6/h3H,1-2H2. The molecule has 0 heterocycles. The summed E-state index contributed by atoms with van der Waals surface area (Å²) in [7, 11) is 0. The van der Waals surface area contributed by atoms with Crippen LogP contribution in [0.15, 0.2) is 0 Å². The van der Waals surface area contributed by atoms with Crippen molar-refractivity contribution in [3.05, 3.63) is 0 Å². The fourth-order valence-electron chi connectivity index (χ4n) is 0.0825. The molecule has 0 aliphatic rings. The smallest absolute Gasteiger partial charge is 0.0705 e. The number of alkyl halides is 3. The zero-order valence-electron chi connectivity index (χ0n) is 3.13. The first-order valence-electron chi connectivity index (χ1n) is 1.61. The van der Waals surface area contributed by atoms with Crippen molar-refractivity contribution >= 4 is 47.8 Å². The molecule has 0 rings (SSSR count). The first-order chi connectivity index (χ1) is 2.77. The molecule has 0 amide bonds. The van der Waals surface area contributed by atoms with E-state index >= 15 is 0 Å². The Morgan fingerprint density at radius 1 is 1.33 bits per heavy atom. The van der Waals surface area contributed by atoms with Gasteiger partial charge in [0.25, 0.3) is 0 Å². The van der Waals surface area contributed by atoms with E-state index in [9.17, 15) is 0 Å². The number of hydrogen-bond donors (Lipinski definition) is 0. The van der Waals surface area contributed by atoms with Crippen molar-refractivity contribution in [2.45, 2.75) is 10.2 Å². The largest absolute Gasteiger partial charge is 0.0927 e. The van der Waals surface area contributed by atoms with Gasteiger partial charge in [-0.05, 0) is 6.42 Å². The predicted octanol–water partition coefficient (Wildman–Crippen LogP) is 2.89. The highest BCUT2D eigenvalue weighted by Gasteiger charge is 1.91. The molecule has 0 aliphatic heterocycles. The van der Waals surface area contributed by atoms with Gasteiger partial charge in [-0.15, -0.1) is 0 Å². The fraction of sp³-hybridized carbons (Fsp3) is 1.00. The second-order valence-electron chi connectivity index (χ2n) is 0.869. The van der Waals surface area contributed by atoms with E-state index in [0.29, 0.717) is 3.74 Å².